The molecule has 5 heteroatoms. The Morgan fingerprint density at radius 3 is 2.95 bits per heavy atom. The van der Waals surface area contributed by atoms with Crippen molar-refractivity contribution < 1.29 is 4.79 Å². The number of hydrogen-bond donors (Lipinski definition) is 1. The van der Waals surface area contributed by atoms with Gasteiger partial charge in [0.15, 0.2) is 0 Å². The first-order chi connectivity index (χ1) is 9.63. The summed E-state index contributed by atoms with van der Waals surface area (Å²) in [7, 11) is 0. The number of rotatable bonds is 6. The summed E-state index contributed by atoms with van der Waals surface area (Å²) < 4.78 is 0. The number of halogens is 1. The number of benzene rings is 1. The highest BCUT2D eigenvalue weighted by atomic mass is 35.5. The number of aromatic nitrogens is 1. The quantitative estimate of drug-likeness (QED) is 0.888. The average molecular weight is 309 g/mol. The highest BCUT2D eigenvalue weighted by molar-refractivity contribution is 7.09. The van der Waals surface area contributed by atoms with E-state index in [2.05, 4.69) is 10.3 Å². The van der Waals surface area contributed by atoms with Gasteiger partial charge in [-0.25, -0.2) is 4.98 Å². The van der Waals surface area contributed by atoms with Crippen molar-refractivity contribution in [2.24, 2.45) is 0 Å². The van der Waals surface area contributed by atoms with Crippen LogP contribution in [0, 0.1) is 6.92 Å². The monoisotopic (exact) mass is 308 g/mol. The zero-order valence-corrected chi connectivity index (χ0v) is 12.9. The van der Waals surface area contributed by atoms with Gasteiger partial charge in [-0.05, 0) is 31.0 Å². The molecule has 1 aromatic carbocycles. The van der Waals surface area contributed by atoms with Crippen LogP contribution in [0.25, 0.3) is 0 Å². The molecule has 1 amide bonds. The van der Waals surface area contributed by atoms with E-state index in [9.17, 15) is 4.79 Å². The van der Waals surface area contributed by atoms with Crippen LogP contribution in [-0.4, -0.2) is 17.4 Å². The van der Waals surface area contributed by atoms with Crippen molar-refractivity contribution in [1.82, 2.24) is 10.3 Å². The second kappa shape index (κ2) is 7.41. The number of nitrogens with zero attached hydrogens (tertiary/aromatic N) is 1. The van der Waals surface area contributed by atoms with Crippen LogP contribution in [0.3, 0.4) is 0 Å². The van der Waals surface area contributed by atoms with E-state index in [1.807, 2.05) is 36.6 Å². The number of carbonyl (C=O) groups excluding carboxylic acids is 1. The molecule has 0 bridgehead atoms. The van der Waals surface area contributed by atoms with Gasteiger partial charge in [-0.15, -0.1) is 11.3 Å². The molecule has 20 heavy (non-hydrogen) atoms. The molecular formula is C15H17ClN2OS. The minimum absolute atomic E-state index is 0.0693. The third-order valence-corrected chi connectivity index (χ3v) is 4.12. The summed E-state index contributed by atoms with van der Waals surface area (Å²) in [5.41, 5.74) is 2.15. The maximum absolute atomic E-state index is 11.7. The van der Waals surface area contributed by atoms with Gasteiger partial charge in [-0.1, -0.05) is 23.7 Å². The topological polar surface area (TPSA) is 42.0 Å². The van der Waals surface area contributed by atoms with E-state index >= 15 is 0 Å². The Morgan fingerprint density at radius 1 is 1.40 bits per heavy atom. The standard InChI is InChI=1S/C15H17ClN2OS/c1-11-10-20-15(18-11)6-5-14(19)17-8-7-12-3-2-4-13(16)9-12/h2-4,9-10H,5-8H2,1H3,(H,17,19). The molecule has 0 atom stereocenters. The number of thiazole rings is 1. The normalized spacial score (nSPS) is 10.5. The first-order valence-corrected chi connectivity index (χ1v) is 7.81. The van der Waals surface area contributed by atoms with E-state index in [1.54, 1.807) is 11.3 Å². The Morgan fingerprint density at radius 2 is 2.25 bits per heavy atom. The summed E-state index contributed by atoms with van der Waals surface area (Å²) in [5.74, 6) is 0.0693. The fourth-order valence-corrected chi connectivity index (χ4v) is 2.85. The van der Waals surface area contributed by atoms with Crippen molar-refractivity contribution in [2.45, 2.75) is 26.2 Å². The lowest BCUT2D eigenvalue weighted by Gasteiger charge is -2.05. The van der Waals surface area contributed by atoms with E-state index in [1.165, 1.54) is 0 Å². The lowest BCUT2D eigenvalue weighted by Crippen LogP contribution is -2.25. The van der Waals surface area contributed by atoms with Gasteiger partial charge in [0.25, 0.3) is 0 Å². The summed E-state index contributed by atoms with van der Waals surface area (Å²) in [6.07, 6.45) is 1.99. The molecule has 1 heterocycles. The van der Waals surface area contributed by atoms with Crippen LogP contribution in [0.2, 0.25) is 5.02 Å². The zero-order chi connectivity index (χ0) is 14.4. The number of hydrogen-bond acceptors (Lipinski definition) is 3. The van der Waals surface area contributed by atoms with Gasteiger partial charge in [-0.2, -0.15) is 0 Å². The molecule has 1 aromatic heterocycles. The van der Waals surface area contributed by atoms with E-state index in [0.717, 1.165) is 27.7 Å². The minimum Gasteiger partial charge on any atom is -0.356 e. The smallest absolute Gasteiger partial charge is 0.220 e. The van der Waals surface area contributed by atoms with Gasteiger partial charge in [0.05, 0.1) is 5.01 Å². The number of aryl methyl sites for hydroxylation is 2. The van der Waals surface area contributed by atoms with Crippen molar-refractivity contribution in [2.75, 3.05) is 6.54 Å². The first-order valence-electron chi connectivity index (χ1n) is 6.55. The Hall–Kier alpha value is -1.39. The predicted molar refractivity (Wildman–Crippen MR) is 83.3 cm³/mol. The van der Waals surface area contributed by atoms with Gasteiger partial charge < -0.3 is 5.32 Å². The molecule has 0 aliphatic carbocycles. The van der Waals surface area contributed by atoms with Crippen molar-refractivity contribution in [1.29, 1.82) is 0 Å². The van der Waals surface area contributed by atoms with Crippen LogP contribution < -0.4 is 5.32 Å². The second-order valence-electron chi connectivity index (χ2n) is 4.61. The van der Waals surface area contributed by atoms with Gasteiger partial charge in [-0.3, -0.25) is 4.79 Å². The highest BCUT2D eigenvalue weighted by Gasteiger charge is 2.04. The molecule has 3 nitrogen and oxygen atoms in total. The van der Waals surface area contributed by atoms with Crippen molar-refractivity contribution in [3.8, 4) is 0 Å². The Balaban J connectivity index is 1.67. The molecule has 0 aliphatic rings. The first kappa shape index (κ1) is 15.0. The van der Waals surface area contributed by atoms with Crippen molar-refractivity contribution >= 4 is 28.8 Å². The average Bonchev–Trinajstić information content (AvgIpc) is 2.82. The molecule has 2 aromatic rings. The minimum atomic E-state index is 0.0693. The molecular weight excluding hydrogens is 292 g/mol. The third kappa shape index (κ3) is 4.94. The van der Waals surface area contributed by atoms with Crippen LogP contribution in [-0.2, 0) is 17.6 Å². The van der Waals surface area contributed by atoms with E-state index in [4.69, 9.17) is 11.6 Å². The molecule has 0 aliphatic heterocycles. The van der Waals surface area contributed by atoms with Crippen LogP contribution in [0.1, 0.15) is 22.7 Å². The second-order valence-corrected chi connectivity index (χ2v) is 5.99. The Bertz CT molecular complexity index is 583. The van der Waals surface area contributed by atoms with E-state index in [-0.39, 0.29) is 5.91 Å². The summed E-state index contributed by atoms with van der Waals surface area (Å²) in [5, 5.41) is 6.68. The van der Waals surface area contributed by atoms with Crippen LogP contribution in [0.4, 0.5) is 0 Å². The SMILES string of the molecule is Cc1csc(CCC(=O)NCCc2cccc(Cl)c2)n1. The fourth-order valence-electron chi connectivity index (χ4n) is 1.87. The molecule has 0 fully saturated rings. The summed E-state index contributed by atoms with van der Waals surface area (Å²) in [6.45, 7) is 2.60. The van der Waals surface area contributed by atoms with Crippen molar-refractivity contribution in [3.63, 3.8) is 0 Å². The van der Waals surface area contributed by atoms with E-state index in [0.29, 0.717) is 19.4 Å². The number of amides is 1. The fraction of sp³-hybridized carbons (Fsp3) is 0.333. The summed E-state index contributed by atoms with van der Waals surface area (Å²) in [4.78, 5) is 16.1. The molecule has 0 unspecified atom stereocenters. The van der Waals surface area contributed by atoms with Gasteiger partial charge in [0, 0.05) is 35.5 Å². The lowest BCUT2D eigenvalue weighted by atomic mass is 10.1. The predicted octanol–water partition coefficient (Wildman–Crippen LogP) is 3.40. The molecule has 0 spiro atoms. The zero-order valence-electron chi connectivity index (χ0n) is 11.4. The number of carbonyl (C=O) groups is 1. The van der Waals surface area contributed by atoms with Gasteiger partial charge in [0.1, 0.15) is 0 Å². The maximum Gasteiger partial charge on any atom is 0.220 e. The van der Waals surface area contributed by atoms with Crippen LogP contribution >= 0.6 is 22.9 Å². The van der Waals surface area contributed by atoms with Crippen LogP contribution in [0.5, 0.6) is 0 Å². The molecule has 1 N–H and O–H groups in total. The van der Waals surface area contributed by atoms with Crippen molar-refractivity contribution in [3.05, 3.63) is 50.9 Å². The molecule has 0 saturated carbocycles. The summed E-state index contributed by atoms with van der Waals surface area (Å²) >= 11 is 7.52. The number of nitrogens with one attached hydrogen (secondary N) is 1. The maximum atomic E-state index is 11.7. The summed E-state index contributed by atoms with van der Waals surface area (Å²) in [6, 6.07) is 7.70. The van der Waals surface area contributed by atoms with Crippen LogP contribution in [0.15, 0.2) is 29.6 Å². The lowest BCUT2D eigenvalue weighted by molar-refractivity contribution is -0.121. The van der Waals surface area contributed by atoms with Gasteiger partial charge >= 0.3 is 0 Å². The Labute approximate surface area is 128 Å². The molecule has 0 radical (unpaired) electrons. The van der Waals surface area contributed by atoms with E-state index < -0.39 is 0 Å². The van der Waals surface area contributed by atoms with Gasteiger partial charge in [0.2, 0.25) is 5.91 Å². The molecule has 0 saturated heterocycles. The molecule has 106 valence electrons. The third-order valence-electron chi connectivity index (χ3n) is 2.86. The molecule has 2 rings (SSSR count). The highest BCUT2D eigenvalue weighted by Crippen LogP contribution is 2.11. The Kier molecular flexibility index (Phi) is 5.56. The largest absolute Gasteiger partial charge is 0.356 e.